The maximum atomic E-state index is 14.0. The summed E-state index contributed by atoms with van der Waals surface area (Å²) in [6.45, 7) is 6.32. The van der Waals surface area contributed by atoms with Gasteiger partial charge in [-0.2, -0.15) is 0 Å². The quantitative estimate of drug-likeness (QED) is 0.438. The van der Waals surface area contributed by atoms with Crippen LogP contribution in [0.15, 0.2) is 65.6 Å². The van der Waals surface area contributed by atoms with Crippen LogP contribution in [0.2, 0.25) is 0 Å². The van der Waals surface area contributed by atoms with E-state index in [1.54, 1.807) is 35.8 Å². The highest BCUT2D eigenvalue weighted by atomic mass is 19.1. The molecule has 9 nitrogen and oxygen atoms in total. The number of hydrogen-bond donors (Lipinski definition) is 1. The summed E-state index contributed by atoms with van der Waals surface area (Å²) in [7, 11) is 0. The zero-order chi connectivity index (χ0) is 27.5. The summed E-state index contributed by atoms with van der Waals surface area (Å²) in [5.41, 5.74) is 3.42. The van der Waals surface area contributed by atoms with Crippen molar-refractivity contribution in [3.63, 3.8) is 0 Å². The van der Waals surface area contributed by atoms with Crippen LogP contribution in [-0.4, -0.2) is 62.4 Å². The number of fused-ring (bicyclic) bond motifs is 2. The number of para-hydroxylation sites is 1. The summed E-state index contributed by atoms with van der Waals surface area (Å²) in [6, 6.07) is 15.4. The van der Waals surface area contributed by atoms with Gasteiger partial charge in [0.2, 0.25) is 5.91 Å². The number of aromatic amines is 1. The number of hydrogen-bond acceptors (Lipinski definition) is 5. The lowest BCUT2D eigenvalue weighted by Crippen LogP contribution is -2.38. The second-order valence-electron chi connectivity index (χ2n) is 9.86. The summed E-state index contributed by atoms with van der Waals surface area (Å²) in [6.07, 6.45) is 2.25. The van der Waals surface area contributed by atoms with E-state index in [-0.39, 0.29) is 35.4 Å². The summed E-state index contributed by atoms with van der Waals surface area (Å²) in [4.78, 5) is 49.3. The van der Waals surface area contributed by atoms with Gasteiger partial charge < -0.3 is 9.80 Å². The van der Waals surface area contributed by atoms with Gasteiger partial charge in [-0.25, -0.2) is 13.9 Å². The van der Waals surface area contributed by atoms with Crippen LogP contribution in [0.5, 0.6) is 0 Å². The highest BCUT2D eigenvalue weighted by Gasteiger charge is 2.25. The molecule has 0 aliphatic carbocycles. The zero-order valence-electron chi connectivity index (χ0n) is 22.1. The van der Waals surface area contributed by atoms with Crippen molar-refractivity contribution in [2.75, 3.05) is 31.1 Å². The van der Waals surface area contributed by atoms with Gasteiger partial charge in [0.05, 0.1) is 0 Å². The van der Waals surface area contributed by atoms with Gasteiger partial charge in [-0.3, -0.25) is 24.4 Å². The molecule has 0 saturated carbocycles. The molecule has 0 saturated heterocycles. The molecule has 39 heavy (non-hydrogen) atoms. The minimum Gasteiger partial charge on any atom is -0.333 e. The largest absolute Gasteiger partial charge is 0.333 e. The molecular formula is C29H31FN6O3. The first-order valence-electron chi connectivity index (χ1n) is 13.0. The molecule has 1 N–H and O–H groups in total. The van der Waals surface area contributed by atoms with Crippen LogP contribution in [-0.2, 0) is 17.9 Å². The number of amides is 2. The Hall–Kier alpha value is -4.31. The number of anilines is 1. The molecule has 4 aromatic rings. The highest BCUT2D eigenvalue weighted by Crippen LogP contribution is 2.25. The van der Waals surface area contributed by atoms with Crippen molar-refractivity contribution in [3.05, 3.63) is 99.3 Å². The topological polar surface area (TPSA) is 94.0 Å². The minimum absolute atomic E-state index is 0.0691. The average Bonchev–Trinajstić information content (AvgIpc) is 3.32. The number of rotatable bonds is 3. The van der Waals surface area contributed by atoms with Crippen molar-refractivity contribution >= 4 is 23.1 Å². The van der Waals surface area contributed by atoms with Gasteiger partial charge in [0, 0.05) is 69.8 Å². The van der Waals surface area contributed by atoms with Crippen LogP contribution < -0.4 is 10.5 Å². The molecule has 5 rings (SSSR count). The Bertz CT molecular complexity index is 1560. The fraction of sp³-hybridized carbons (Fsp3) is 0.310. The molecular weight excluding hydrogens is 499 g/mol. The van der Waals surface area contributed by atoms with E-state index in [4.69, 9.17) is 0 Å². The maximum absolute atomic E-state index is 14.0. The highest BCUT2D eigenvalue weighted by molar-refractivity contribution is 6.00. The fourth-order valence-electron chi connectivity index (χ4n) is 5.07. The molecule has 2 aromatic carbocycles. The number of carbonyl (C=O) groups excluding carboxylic acids is 2. The van der Waals surface area contributed by atoms with E-state index in [1.165, 1.54) is 28.9 Å². The van der Waals surface area contributed by atoms with Crippen LogP contribution >= 0.6 is 0 Å². The number of nitrogens with zero attached hydrogens (tertiary/aromatic N) is 5. The summed E-state index contributed by atoms with van der Waals surface area (Å²) in [5.74, 6) is -0.624. The number of nitrogens with one attached hydrogen (secondary N) is 1. The molecule has 0 fully saturated rings. The third-order valence-corrected chi connectivity index (χ3v) is 7.03. The molecule has 10 heteroatoms. The number of halogens is 1. The van der Waals surface area contributed by atoms with E-state index in [1.807, 2.05) is 24.3 Å². The second kappa shape index (κ2) is 11.2. The van der Waals surface area contributed by atoms with Crippen molar-refractivity contribution in [1.82, 2.24) is 24.4 Å². The number of aryl methyl sites for hydroxylation is 1. The van der Waals surface area contributed by atoms with Crippen LogP contribution in [0.3, 0.4) is 0 Å². The molecule has 0 atom stereocenters. The molecule has 0 bridgehead atoms. The lowest BCUT2D eigenvalue weighted by Gasteiger charge is -2.28. The van der Waals surface area contributed by atoms with E-state index in [9.17, 15) is 18.8 Å². The predicted octanol–water partition coefficient (Wildman–Crippen LogP) is 3.37. The van der Waals surface area contributed by atoms with Gasteiger partial charge >= 0.3 is 0 Å². The standard InChI is InChI=1S/C29H31FN6O3/c1-20-16-27(38)36-28(32-20)25(17-31-36)29(39)34-15-14-33(18-22-8-10-24(30)11-9-22)12-5-13-35(21(2)37)26-7-4-3-6-23(26)19-34/h3-4,6-11,16-17,31H,5,12-15,18-19H2,1-2H3. The van der Waals surface area contributed by atoms with E-state index in [0.717, 1.165) is 23.2 Å². The molecule has 1 aliphatic rings. The maximum Gasteiger partial charge on any atom is 0.272 e. The van der Waals surface area contributed by atoms with E-state index in [2.05, 4.69) is 15.0 Å². The van der Waals surface area contributed by atoms with E-state index < -0.39 is 0 Å². The Labute approximate surface area is 225 Å². The summed E-state index contributed by atoms with van der Waals surface area (Å²) in [5, 5.41) is 2.85. The Morgan fingerprint density at radius 1 is 1.03 bits per heavy atom. The Morgan fingerprint density at radius 3 is 2.56 bits per heavy atom. The number of benzene rings is 2. The molecule has 0 spiro atoms. The number of H-pyrrole nitrogens is 1. The van der Waals surface area contributed by atoms with Gasteiger partial charge in [0.25, 0.3) is 11.5 Å². The Morgan fingerprint density at radius 2 is 1.79 bits per heavy atom. The van der Waals surface area contributed by atoms with Crippen LogP contribution in [0.1, 0.15) is 40.5 Å². The number of aromatic nitrogens is 3. The minimum atomic E-state index is -0.290. The van der Waals surface area contributed by atoms with Gasteiger partial charge in [-0.05, 0) is 42.7 Å². The molecule has 3 heterocycles. The van der Waals surface area contributed by atoms with Crippen LogP contribution in [0.25, 0.3) is 5.65 Å². The summed E-state index contributed by atoms with van der Waals surface area (Å²) >= 11 is 0. The first kappa shape index (κ1) is 26.3. The normalized spacial score (nSPS) is 15.2. The summed E-state index contributed by atoms with van der Waals surface area (Å²) < 4.78 is 14.8. The van der Waals surface area contributed by atoms with Gasteiger partial charge in [-0.15, -0.1) is 0 Å². The van der Waals surface area contributed by atoms with Crippen molar-refractivity contribution in [2.45, 2.75) is 33.4 Å². The lowest BCUT2D eigenvalue weighted by atomic mass is 10.1. The predicted molar refractivity (Wildman–Crippen MR) is 146 cm³/mol. The molecule has 2 amide bonds. The van der Waals surface area contributed by atoms with Crippen molar-refractivity contribution in [3.8, 4) is 0 Å². The number of carbonyl (C=O) groups is 2. The van der Waals surface area contributed by atoms with E-state index in [0.29, 0.717) is 44.0 Å². The van der Waals surface area contributed by atoms with Crippen LogP contribution in [0.4, 0.5) is 10.1 Å². The lowest BCUT2D eigenvalue weighted by molar-refractivity contribution is -0.116. The fourth-order valence-corrected chi connectivity index (χ4v) is 5.07. The first-order valence-corrected chi connectivity index (χ1v) is 13.0. The monoisotopic (exact) mass is 530 g/mol. The molecule has 2 aromatic heterocycles. The van der Waals surface area contributed by atoms with Crippen LogP contribution in [0, 0.1) is 12.7 Å². The molecule has 202 valence electrons. The van der Waals surface area contributed by atoms with Crippen molar-refractivity contribution in [1.29, 1.82) is 0 Å². The zero-order valence-corrected chi connectivity index (χ0v) is 22.1. The molecule has 0 unspecified atom stereocenters. The molecule has 1 aliphatic heterocycles. The van der Waals surface area contributed by atoms with Gasteiger partial charge in [0.1, 0.15) is 11.4 Å². The van der Waals surface area contributed by atoms with Crippen molar-refractivity contribution < 1.29 is 14.0 Å². The SMILES string of the molecule is CC(=O)N1CCCN(Cc2ccc(F)cc2)CCN(C(=O)c2c[nH]n3c(=O)cc(C)nc23)Cc2ccccc21. The Balaban J connectivity index is 1.51. The van der Waals surface area contributed by atoms with Gasteiger partial charge in [0.15, 0.2) is 5.65 Å². The third-order valence-electron chi connectivity index (χ3n) is 7.03. The van der Waals surface area contributed by atoms with Crippen molar-refractivity contribution in [2.24, 2.45) is 0 Å². The molecule has 0 radical (unpaired) electrons. The third kappa shape index (κ3) is 5.75. The second-order valence-corrected chi connectivity index (χ2v) is 9.86. The average molecular weight is 531 g/mol. The Kier molecular flexibility index (Phi) is 7.56. The van der Waals surface area contributed by atoms with Gasteiger partial charge in [-0.1, -0.05) is 30.3 Å². The van der Waals surface area contributed by atoms with E-state index >= 15 is 0 Å². The smallest absolute Gasteiger partial charge is 0.272 e. The first-order chi connectivity index (χ1) is 18.8.